The van der Waals surface area contributed by atoms with Gasteiger partial charge in [-0.3, -0.25) is 0 Å². The normalized spacial score (nSPS) is 10.1. The van der Waals surface area contributed by atoms with E-state index in [0.29, 0.717) is 5.75 Å². The molecule has 0 radical (unpaired) electrons. The van der Waals surface area contributed by atoms with Crippen molar-refractivity contribution in [1.29, 1.82) is 5.41 Å². The Morgan fingerprint density at radius 1 is 1.42 bits per heavy atom. The molecule has 0 atom stereocenters. The second-order valence-electron chi connectivity index (χ2n) is 2.11. The second-order valence-corrected chi connectivity index (χ2v) is 2.11. The van der Waals surface area contributed by atoms with Crippen LogP contribution in [0.2, 0.25) is 0 Å². The molecule has 0 bridgehead atoms. The lowest BCUT2D eigenvalue weighted by Gasteiger charge is -2.00. The molecule has 0 saturated carbocycles. The van der Waals surface area contributed by atoms with Gasteiger partial charge in [0.1, 0.15) is 5.75 Å². The van der Waals surface area contributed by atoms with Crippen molar-refractivity contribution in [3.63, 3.8) is 0 Å². The summed E-state index contributed by atoms with van der Waals surface area (Å²) >= 11 is 0. The Morgan fingerprint density at radius 2 is 2.08 bits per heavy atom. The lowest BCUT2D eigenvalue weighted by atomic mass is 10.3. The molecule has 3 heteroatoms. The lowest BCUT2D eigenvalue weighted by Crippen LogP contribution is -2.02. The summed E-state index contributed by atoms with van der Waals surface area (Å²) < 4.78 is 5.04. The van der Waals surface area contributed by atoms with Gasteiger partial charge in [0.15, 0.2) is 0 Å². The lowest BCUT2D eigenvalue weighted by molar-refractivity contribution is 0.538. The topological polar surface area (TPSA) is 45.4 Å². The maximum absolute atomic E-state index is 7.21. The molecular formula is C9H10N2O. The highest BCUT2D eigenvalue weighted by atomic mass is 16.5. The molecule has 1 aromatic carbocycles. The van der Waals surface area contributed by atoms with E-state index in [-0.39, 0.29) is 6.02 Å². The fourth-order valence-electron chi connectivity index (χ4n) is 0.744. The fourth-order valence-corrected chi connectivity index (χ4v) is 0.744. The van der Waals surface area contributed by atoms with Crippen LogP contribution in [0.25, 0.3) is 0 Å². The average Bonchev–Trinajstić information content (AvgIpc) is 2.06. The Labute approximate surface area is 71.2 Å². The van der Waals surface area contributed by atoms with Crippen LogP contribution in [0, 0.1) is 5.41 Å². The first-order chi connectivity index (χ1) is 5.83. The van der Waals surface area contributed by atoms with Crippen molar-refractivity contribution < 1.29 is 4.74 Å². The van der Waals surface area contributed by atoms with E-state index in [4.69, 9.17) is 10.1 Å². The van der Waals surface area contributed by atoms with Crippen LogP contribution in [0.15, 0.2) is 35.3 Å². The van der Waals surface area contributed by atoms with Gasteiger partial charge in [0.25, 0.3) is 0 Å². The molecule has 0 spiro atoms. The highest BCUT2D eigenvalue weighted by Gasteiger charge is 1.94. The van der Waals surface area contributed by atoms with Crippen LogP contribution in [-0.4, -0.2) is 12.2 Å². The molecule has 1 aromatic rings. The van der Waals surface area contributed by atoms with Crippen LogP contribution in [0.1, 0.15) is 6.92 Å². The van der Waals surface area contributed by atoms with Crippen molar-refractivity contribution in [3.05, 3.63) is 30.3 Å². The average molecular weight is 162 g/mol. The molecule has 3 nitrogen and oxygen atoms in total. The van der Waals surface area contributed by atoms with Gasteiger partial charge in [0.2, 0.25) is 0 Å². The molecule has 0 unspecified atom stereocenters. The summed E-state index contributed by atoms with van der Waals surface area (Å²) in [7, 11) is 0. The number of benzene rings is 1. The highest BCUT2D eigenvalue weighted by molar-refractivity contribution is 5.81. The minimum absolute atomic E-state index is 0.0938. The van der Waals surface area contributed by atoms with Gasteiger partial charge in [-0.15, -0.1) is 0 Å². The number of para-hydroxylation sites is 1. The van der Waals surface area contributed by atoms with Crippen molar-refractivity contribution >= 4 is 12.2 Å². The van der Waals surface area contributed by atoms with Crippen molar-refractivity contribution in [2.75, 3.05) is 0 Å². The highest BCUT2D eigenvalue weighted by Crippen LogP contribution is 2.08. The van der Waals surface area contributed by atoms with Crippen molar-refractivity contribution in [2.24, 2.45) is 4.99 Å². The second kappa shape index (κ2) is 4.28. The zero-order valence-electron chi connectivity index (χ0n) is 6.82. The number of ether oxygens (including phenoxy) is 1. The van der Waals surface area contributed by atoms with E-state index < -0.39 is 0 Å². The molecule has 62 valence electrons. The molecule has 12 heavy (non-hydrogen) atoms. The molecular weight excluding hydrogens is 152 g/mol. The van der Waals surface area contributed by atoms with Gasteiger partial charge < -0.3 is 4.74 Å². The Hall–Kier alpha value is -1.64. The van der Waals surface area contributed by atoms with Crippen molar-refractivity contribution in [2.45, 2.75) is 6.92 Å². The summed E-state index contributed by atoms with van der Waals surface area (Å²) in [5, 5.41) is 7.21. The number of nitrogens with one attached hydrogen (secondary N) is 1. The largest absolute Gasteiger partial charge is 0.425 e. The van der Waals surface area contributed by atoms with Gasteiger partial charge in [-0.25, -0.2) is 10.4 Å². The molecule has 1 rings (SSSR count). The summed E-state index contributed by atoms with van der Waals surface area (Å²) in [5.41, 5.74) is 0. The minimum atomic E-state index is -0.0938. The van der Waals surface area contributed by atoms with E-state index in [1.807, 2.05) is 18.2 Å². The Balaban J connectivity index is 2.59. The van der Waals surface area contributed by atoms with Crippen LogP contribution < -0.4 is 4.74 Å². The number of hydrogen-bond acceptors (Lipinski definition) is 2. The standard InChI is InChI=1S/C9H10N2O/c1-2-11-9(10)12-8-6-4-3-5-7-8/h2-7,10H,1H3/b10-9?,11-2-. The first-order valence-electron chi connectivity index (χ1n) is 3.63. The van der Waals surface area contributed by atoms with Crippen LogP contribution in [0.4, 0.5) is 0 Å². The summed E-state index contributed by atoms with van der Waals surface area (Å²) in [4.78, 5) is 3.66. The molecule has 0 aliphatic carbocycles. The van der Waals surface area contributed by atoms with Crippen LogP contribution in [0.3, 0.4) is 0 Å². The molecule has 0 aliphatic rings. The van der Waals surface area contributed by atoms with Crippen LogP contribution in [0.5, 0.6) is 5.75 Å². The van der Waals surface area contributed by atoms with E-state index >= 15 is 0 Å². The third-order valence-corrected chi connectivity index (χ3v) is 1.20. The van der Waals surface area contributed by atoms with E-state index in [9.17, 15) is 0 Å². The zero-order valence-corrected chi connectivity index (χ0v) is 6.82. The summed E-state index contributed by atoms with van der Waals surface area (Å²) in [6.07, 6.45) is 1.52. The predicted octanol–water partition coefficient (Wildman–Crippen LogP) is 2.09. The smallest absolute Gasteiger partial charge is 0.313 e. The molecule has 0 aromatic heterocycles. The van der Waals surface area contributed by atoms with Crippen LogP contribution in [-0.2, 0) is 0 Å². The monoisotopic (exact) mass is 162 g/mol. The predicted molar refractivity (Wildman–Crippen MR) is 49.0 cm³/mol. The molecule has 0 saturated heterocycles. The van der Waals surface area contributed by atoms with Gasteiger partial charge in [-0.05, 0) is 19.1 Å². The number of rotatable bonds is 1. The van der Waals surface area contributed by atoms with Crippen molar-refractivity contribution in [3.8, 4) is 5.75 Å². The van der Waals surface area contributed by atoms with Gasteiger partial charge in [0.05, 0.1) is 0 Å². The quantitative estimate of drug-likeness (QED) is 0.498. The van der Waals surface area contributed by atoms with Gasteiger partial charge >= 0.3 is 6.02 Å². The van der Waals surface area contributed by atoms with Gasteiger partial charge in [0, 0.05) is 6.21 Å². The Bertz CT molecular complexity index is 280. The number of nitrogens with zero attached hydrogens (tertiary/aromatic N) is 1. The first kappa shape index (κ1) is 8.46. The first-order valence-corrected chi connectivity index (χ1v) is 3.63. The molecule has 0 amide bonds. The number of amidine groups is 1. The van der Waals surface area contributed by atoms with E-state index in [0.717, 1.165) is 0 Å². The molecule has 0 fully saturated rings. The number of hydrogen-bond donors (Lipinski definition) is 1. The summed E-state index contributed by atoms with van der Waals surface area (Å²) in [5.74, 6) is 0.633. The third kappa shape index (κ3) is 2.54. The fraction of sp³-hybridized carbons (Fsp3) is 0.111. The minimum Gasteiger partial charge on any atom is -0.425 e. The maximum atomic E-state index is 7.21. The Kier molecular flexibility index (Phi) is 3.02. The SMILES string of the molecule is C/C=N\C(=N)Oc1ccccc1. The van der Waals surface area contributed by atoms with E-state index in [1.165, 1.54) is 6.21 Å². The Morgan fingerprint density at radius 3 is 2.67 bits per heavy atom. The van der Waals surface area contributed by atoms with Gasteiger partial charge in [-0.2, -0.15) is 0 Å². The van der Waals surface area contributed by atoms with Crippen molar-refractivity contribution in [1.82, 2.24) is 0 Å². The zero-order chi connectivity index (χ0) is 8.81. The van der Waals surface area contributed by atoms with Gasteiger partial charge in [-0.1, -0.05) is 18.2 Å². The van der Waals surface area contributed by atoms with Crippen LogP contribution >= 0.6 is 0 Å². The molecule has 0 aliphatic heterocycles. The third-order valence-electron chi connectivity index (χ3n) is 1.20. The number of aliphatic imine (C=N–C) groups is 1. The maximum Gasteiger partial charge on any atom is 0.313 e. The molecule has 1 N–H and O–H groups in total. The van der Waals surface area contributed by atoms with E-state index in [2.05, 4.69) is 4.99 Å². The summed E-state index contributed by atoms with van der Waals surface area (Å²) in [6, 6.07) is 9.04. The van der Waals surface area contributed by atoms with E-state index in [1.54, 1.807) is 19.1 Å². The molecule has 0 heterocycles. The summed E-state index contributed by atoms with van der Waals surface area (Å²) in [6.45, 7) is 1.74.